The van der Waals surface area contributed by atoms with Gasteiger partial charge in [-0.1, -0.05) is 31.2 Å². The summed E-state index contributed by atoms with van der Waals surface area (Å²) < 4.78 is 0. The number of benzene rings is 1. The molecule has 0 saturated carbocycles. The van der Waals surface area contributed by atoms with Crippen LogP contribution >= 0.6 is 0 Å². The van der Waals surface area contributed by atoms with Crippen LogP contribution in [0.1, 0.15) is 37.3 Å². The third-order valence-corrected chi connectivity index (χ3v) is 4.33. The fraction of sp³-hybridized carbons (Fsp3) is 0.647. The summed E-state index contributed by atoms with van der Waals surface area (Å²) in [5, 5.41) is 3.65. The maximum absolute atomic E-state index is 3.65. The van der Waals surface area contributed by atoms with E-state index in [0.717, 1.165) is 6.04 Å². The van der Waals surface area contributed by atoms with E-state index in [1.807, 2.05) is 0 Å². The molecule has 0 spiro atoms. The zero-order valence-electron chi connectivity index (χ0n) is 12.5. The van der Waals surface area contributed by atoms with Gasteiger partial charge in [0.25, 0.3) is 0 Å². The number of aryl methyl sites for hydroxylation is 1. The molecule has 1 aromatic carbocycles. The molecule has 1 N–H and O–H groups in total. The molecular formula is C17H28N2. The molecule has 2 heteroatoms. The standard InChI is InChI=1S/C17H28N2/c1-3-17-10-14-19(12-6-11-18-17)13-9-16-8-5-4-7-15(16)2/h4-5,7-8,17-18H,3,6,9-14H2,1-2H3. The van der Waals surface area contributed by atoms with Gasteiger partial charge in [0.15, 0.2) is 0 Å². The van der Waals surface area contributed by atoms with Crippen LogP contribution in [0.2, 0.25) is 0 Å². The smallest absolute Gasteiger partial charge is 0.00766 e. The molecule has 0 radical (unpaired) electrons. The molecule has 1 aromatic rings. The minimum Gasteiger partial charge on any atom is -0.314 e. The fourth-order valence-corrected chi connectivity index (χ4v) is 2.90. The first kappa shape index (κ1) is 14.5. The van der Waals surface area contributed by atoms with Crippen LogP contribution in [0.5, 0.6) is 0 Å². The van der Waals surface area contributed by atoms with E-state index in [1.165, 1.54) is 63.0 Å². The lowest BCUT2D eigenvalue weighted by molar-refractivity contribution is 0.234. The molecule has 1 atom stereocenters. The average Bonchev–Trinajstić information content (AvgIpc) is 2.40. The Labute approximate surface area is 118 Å². The number of nitrogens with zero attached hydrogens (tertiary/aromatic N) is 1. The van der Waals surface area contributed by atoms with E-state index in [4.69, 9.17) is 0 Å². The third kappa shape index (κ3) is 4.63. The predicted molar refractivity (Wildman–Crippen MR) is 82.6 cm³/mol. The lowest BCUT2D eigenvalue weighted by atomic mass is 10.0. The maximum atomic E-state index is 3.65. The Morgan fingerprint density at radius 2 is 2.11 bits per heavy atom. The average molecular weight is 260 g/mol. The highest BCUT2D eigenvalue weighted by molar-refractivity contribution is 5.25. The molecule has 0 aromatic heterocycles. The molecule has 1 fully saturated rings. The number of hydrogen-bond donors (Lipinski definition) is 1. The van der Waals surface area contributed by atoms with Gasteiger partial charge in [-0.2, -0.15) is 0 Å². The van der Waals surface area contributed by atoms with E-state index >= 15 is 0 Å². The summed E-state index contributed by atoms with van der Waals surface area (Å²) in [6, 6.07) is 9.51. The van der Waals surface area contributed by atoms with Crippen molar-refractivity contribution in [1.29, 1.82) is 0 Å². The Balaban J connectivity index is 1.83. The van der Waals surface area contributed by atoms with Crippen molar-refractivity contribution in [3.8, 4) is 0 Å². The van der Waals surface area contributed by atoms with E-state index in [1.54, 1.807) is 0 Å². The van der Waals surface area contributed by atoms with E-state index in [2.05, 4.69) is 48.3 Å². The Kier molecular flexibility index (Phi) is 5.87. The quantitative estimate of drug-likeness (QED) is 0.895. The van der Waals surface area contributed by atoms with Gasteiger partial charge in [0, 0.05) is 12.6 Å². The van der Waals surface area contributed by atoms with Gasteiger partial charge in [-0.05, 0) is 63.4 Å². The van der Waals surface area contributed by atoms with Crippen LogP contribution in [-0.2, 0) is 6.42 Å². The van der Waals surface area contributed by atoms with Crippen LogP contribution < -0.4 is 5.32 Å². The van der Waals surface area contributed by atoms with E-state index < -0.39 is 0 Å². The van der Waals surface area contributed by atoms with Crippen molar-refractivity contribution < 1.29 is 0 Å². The van der Waals surface area contributed by atoms with Crippen molar-refractivity contribution in [3.63, 3.8) is 0 Å². The van der Waals surface area contributed by atoms with E-state index in [0.29, 0.717) is 0 Å². The normalized spacial score (nSPS) is 21.9. The van der Waals surface area contributed by atoms with E-state index in [9.17, 15) is 0 Å². The lowest BCUT2D eigenvalue weighted by Crippen LogP contribution is -2.40. The predicted octanol–water partition coefficient (Wildman–Crippen LogP) is 3.00. The lowest BCUT2D eigenvalue weighted by Gasteiger charge is -2.29. The SMILES string of the molecule is CCC1CCN(CCc2ccccc2C)CCCN1. The van der Waals surface area contributed by atoms with Gasteiger partial charge in [-0.25, -0.2) is 0 Å². The van der Waals surface area contributed by atoms with Crippen molar-refractivity contribution >= 4 is 0 Å². The molecule has 19 heavy (non-hydrogen) atoms. The molecule has 106 valence electrons. The minimum atomic E-state index is 0.723. The van der Waals surface area contributed by atoms with Crippen LogP contribution in [0, 0.1) is 6.92 Å². The van der Waals surface area contributed by atoms with Crippen LogP contribution in [0.15, 0.2) is 24.3 Å². The second-order valence-electron chi connectivity index (χ2n) is 5.72. The van der Waals surface area contributed by atoms with Crippen molar-refractivity contribution in [3.05, 3.63) is 35.4 Å². The molecule has 1 unspecified atom stereocenters. The van der Waals surface area contributed by atoms with Crippen LogP contribution in [-0.4, -0.2) is 37.1 Å². The first-order chi connectivity index (χ1) is 9.29. The Hall–Kier alpha value is -0.860. The van der Waals surface area contributed by atoms with Crippen LogP contribution in [0.4, 0.5) is 0 Å². The van der Waals surface area contributed by atoms with Crippen LogP contribution in [0.3, 0.4) is 0 Å². The summed E-state index contributed by atoms with van der Waals surface area (Å²) in [6.45, 7) is 9.39. The van der Waals surface area contributed by atoms with Gasteiger partial charge in [0.2, 0.25) is 0 Å². The van der Waals surface area contributed by atoms with Crippen LogP contribution in [0.25, 0.3) is 0 Å². The number of rotatable bonds is 4. The molecular weight excluding hydrogens is 232 g/mol. The zero-order chi connectivity index (χ0) is 13.5. The van der Waals surface area contributed by atoms with Crippen molar-refractivity contribution in [2.45, 2.75) is 45.6 Å². The summed E-state index contributed by atoms with van der Waals surface area (Å²) in [5.74, 6) is 0. The zero-order valence-corrected chi connectivity index (χ0v) is 12.5. The van der Waals surface area contributed by atoms with Crippen molar-refractivity contribution in [1.82, 2.24) is 10.2 Å². The maximum Gasteiger partial charge on any atom is 0.00766 e. The summed E-state index contributed by atoms with van der Waals surface area (Å²) >= 11 is 0. The van der Waals surface area contributed by atoms with Crippen molar-refractivity contribution in [2.24, 2.45) is 0 Å². The molecule has 0 amide bonds. The fourth-order valence-electron chi connectivity index (χ4n) is 2.90. The third-order valence-electron chi connectivity index (χ3n) is 4.33. The van der Waals surface area contributed by atoms with Crippen molar-refractivity contribution in [2.75, 3.05) is 26.2 Å². The second kappa shape index (κ2) is 7.66. The molecule has 1 heterocycles. The Morgan fingerprint density at radius 1 is 1.26 bits per heavy atom. The molecule has 0 aliphatic carbocycles. The minimum absolute atomic E-state index is 0.723. The number of hydrogen-bond acceptors (Lipinski definition) is 2. The van der Waals surface area contributed by atoms with Gasteiger partial charge in [-0.3, -0.25) is 0 Å². The molecule has 0 bridgehead atoms. The van der Waals surface area contributed by atoms with Gasteiger partial charge in [0.05, 0.1) is 0 Å². The van der Waals surface area contributed by atoms with Gasteiger partial charge in [0.1, 0.15) is 0 Å². The molecule has 2 rings (SSSR count). The summed E-state index contributed by atoms with van der Waals surface area (Å²) in [4.78, 5) is 2.65. The Morgan fingerprint density at radius 3 is 2.89 bits per heavy atom. The number of nitrogens with one attached hydrogen (secondary N) is 1. The highest BCUT2D eigenvalue weighted by atomic mass is 15.1. The first-order valence-electron chi connectivity index (χ1n) is 7.80. The van der Waals surface area contributed by atoms with Gasteiger partial charge < -0.3 is 10.2 Å². The largest absolute Gasteiger partial charge is 0.314 e. The highest BCUT2D eigenvalue weighted by Crippen LogP contribution is 2.10. The monoisotopic (exact) mass is 260 g/mol. The first-order valence-corrected chi connectivity index (χ1v) is 7.80. The topological polar surface area (TPSA) is 15.3 Å². The molecule has 1 saturated heterocycles. The summed E-state index contributed by atoms with van der Waals surface area (Å²) in [7, 11) is 0. The second-order valence-corrected chi connectivity index (χ2v) is 5.72. The summed E-state index contributed by atoms with van der Waals surface area (Å²) in [6.07, 6.45) is 5.02. The molecule has 1 aliphatic heterocycles. The molecule has 2 nitrogen and oxygen atoms in total. The summed E-state index contributed by atoms with van der Waals surface area (Å²) in [5.41, 5.74) is 2.94. The molecule has 1 aliphatic rings. The van der Waals surface area contributed by atoms with Gasteiger partial charge >= 0.3 is 0 Å². The van der Waals surface area contributed by atoms with Gasteiger partial charge in [-0.15, -0.1) is 0 Å². The Bertz CT molecular complexity index is 375. The highest BCUT2D eigenvalue weighted by Gasteiger charge is 2.13. The van der Waals surface area contributed by atoms with E-state index in [-0.39, 0.29) is 0 Å².